The number of hydrogen-bond donors (Lipinski definition) is 1. The van der Waals surface area contributed by atoms with Crippen molar-refractivity contribution < 1.29 is 9.90 Å². The Morgan fingerprint density at radius 3 is 1.88 bits per heavy atom. The molecule has 1 aromatic heterocycles. The Hall–Kier alpha value is -2.16. The van der Waals surface area contributed by atoms with Crippen LogP contribution in [0.5, 0.6) is 0 Å². The lowest BCUT2D eigenvalue weighted by atomic mass is 9.79. The monoisotopic (exact) mass is 325 g/mol. The van der Waals surface area contributed by atoms with Gasteiger partial charge in [-0.05, 0) is 39.7 Å². The van der Waals surface area contributed by atoms with Crippen LogP contribution in [0.25, 0.3) is 0 Å². The maximum Gasteiger partial charge on any atom is 0.337 e. The highest BCUT2D eigenvalue weighted by molar-refractivity contribution is 5.87. The molecule has 2 rings (SSSR count). The van der Waals surface area contributed by atoms with E-state index in [1.54, 1.807) is 12.1 Å². The molecule has 2 aromatic rings. The van der Waals surface area contributed by atoms with Gasteiger partial charge in [-0.25, -0.2) is 4.79 Å². The number of carboxylic acid groups (broad SMARTS) is 1. The Morgan fingerprint density at radius 1 is 0.958 bits per heavy atom. The van der Waals surface area contributed by atoms with E-state index in [9.17, 15) is 4.79 Å². The molecule has 0 saturated carbocycles. The average molecular weight is 325 g/mol. The van der Waals surface area contributed by atoms with Crippen molar-refractivity contribution >= 4 is 5.97 Å². The third kappa shape index (κ3) is 4.44. The molecule has 0 aliphatic rings. The van der Waals surface area contributed by atoms with Crippen LogP contribution in [0.15, 0.2) is 36.5 Å². The predicted octanol–water partition coefficient (Wildman–Crippen LogP) is 4.97. The van der Waals surface area contributed by atoms with Gasteiger partial charge < -0.3 is 5.11 Å². The van der Waals surface area contributed by atoms with Gasteiger partial charge in [0.1, 0.15) is 0 Å². The third-order valence-corrected chi connectivity index (χ3v) is 4.18. The Kier molecular flexibility index (Phi) is 4.84. The van der Waals surface area contributed by atoms with Crippen molar-refractivity contribution in [2.75, 3.05) is 0 Å². The van der Waals surface area contributed by atoms with E-state index in [0.29, 0.717) is 6.42 Å². The third-order valence-electron chi connectivity index (χ3n) is 4.18. The van der Waals surface area contributed by atoms with Crippen LogP contribution in [0.3, 0.4) is 0 Å². The van der Waals surface area contributed by atoms with E-state index in [1.165, 1.54) is 22.9 Å². The molecule has 0 bridgehead atoms. The lowest BCUT2D eigenvalue weighted by molar-refractivity contribution is 0.0696. The fraction of sp³-hybridized carbons (Fsp3) is 0.429. The average Bonchev–Trinajstić information content (AvgIpc) is 2.45. The summed E-state index contributed by atoms with van der Waals surface area (Å²) in [5.74, 6) is -0.946. The lowest BCUT2D eigenvalue weighted by Crippen LogP contribution is -2.17. The summed E-state index contributed by atoms with van der Waals surface area (Å²) in [5, 5.41) is 8.98. The molecule has 1 aromatic carbocycles. The van der Waals surface area contributed by atoms with Gasteiger partial charge in [0.15, 0.2) is 0 Å². The SMILES string of the molecule is CC(C)(C)c1cc(Cc2ccc(C(=O)O)cn2)cc(C(C)(C)C)c1. The highest BCUT2D eigenvalue weighted by Gasteiger charge is 2.20. The quantitative estimate of drug-likeness (QED) is 0.867. The summed E-state index contributed by atoms with van der Waals surface area (Å²) >= 11 is 0. The minimum absolute atomic E-state index is 0.0800. The summed E-state index contributed by atoms with van der Waals surface area (Å²) < 4.78 is 0. The van der Waals surface area contributed by atoms with E-state index in [2.05, 4.69) is 64.7 Å². The molecule has 24 heavy (non-hydrogen) atoms. The van der Waals surface area contributed by atoms with Gasteiger partial charge in [-0.15, -0.1) is 0 Å². The highest BCUT2D eigenvalue weighted by atomic mass is 16.4. The molecule has 0 amide bonds. The van der Waals surface area contributed by atoms with Crippen molar-refractivity contribution in [1.82, 2.24) is 4.98 Å². The summed E-state index contributed by atoms with van der Waals surface area (Å²) in [6, 6.07) is 10.2. The van der Waals surface area contributed by atoms with Crippen LogP contribution >= 0.6 is 0 Å². The minimum Gasteiger partial charge on any atom is -0.478 e. The van der Waals surface area contributed by atoms with Crippen LogP contribution in [0.4, 0.5) is 0 Å². The largest absolute Gasteiger partial charge is 0.478 e. The molecule has 128 valence electrons. The van der Waals surface area contributed by atoms with Gasteiger partial charge >= 0.3 is 5.97 Å². The second-order valence-electron chi connectivity index (χ2n) is 8.44. The van der Waals surface area contributed by atoms with E-state index >= 15 is 0 Å². The van der Waals surface area contributed by atoms with Gasteiger partial charge in [0.2, 0.25) is 0 Å². The zero-order chi connectivity index (χ0) is 18.1. The maximum atomic E-state index is 10.9. The van der Waals surface area contributed by atoms with Gasteiger partial charge in [0.05, 0.1) is 5.56 Å². The summed E-state index contributed by atoms with van der Waals surface area (Å²) in [6.45, 7) is 13.3. The summed E-state index contributed by atoms with van der Waals surface area (Å²) in [4.78, 5) is 15.2. The first-order valence-electron chi connectivity index (χ1n) is 8.30. The normalized spacial score (nSPS) is 12.2. The fourth-order valence-corrected chi connectivity index (χ4v) is 2.52. The van der Waals surface area contributed by atoms with Gasteiger partial charge in [0, 0.05) is 18.3 Å². The molecule has 0 radical (unpaired) electrons. The molecule has 3 nitrogen and oxygen atoms in total. The zero-order valence-electron chi connectivity index (χ0n) is 15.5. The van der Waals surface area contributed by atoms with Crippen molar-refractivity contribution in [3.05, 3.63) is 64.5 Å². The summed E-state index contributed by atoms with van der Waals surface area (Å²) in [7, 11) is 0. The van der Waals surface area contributed by atoms with Crippen molar-refractivity contribution in [2.45, 2.75) is 58.8 Å². The number of aromatic nitrogens is 1. The van der Waals surface area contributed by atoms with Crippen LogP contribution in [0.1, 0.15) is 74.3 Å². The van der Waals surface area contributed by atoms with Gasteiger partial charge in [-0.2, -0.15) is 0 Å². The first kappa shape index (κ1) is 18.2. The molecule has 0 fully saturated rings. The Balaban J connectivity index is 2.40. The number of pyridine rings is 1. The first-order chi connectivity index (χ1) is 11.0. The number of benzene rings is 1. The Bertz CT molecular complexity index is 700. The van der Waals surface area contributed by atoms with E-state index in [0.717, 1.165) is 5.69 Å². The first-order valence-corrected chi connectivity index (χ1v) is 8.30. The Morgan fingerprint density at radius 2 is 1.50 bits per heavy atom. The molecular weight excluding hydrogens is 298 g/mol. The summed E-state index contributed by atoms with van der Waals surface area (Å²) in [5.41, 5.74) is 5.10. The van der Waals surface area contributed by atoms with Crippen LogP contribution in [-0.4, -0.2) is 16.1 Å². The number of aromatic carboxylic acids is 1. The number of carbonyl (C=O) groups is 1. The maximum absolute atomic E-state index is 10.9. The lowest BCUT2D eigenvalue weighted by Gasteiger charge is -2.26. The molecule has 1 heterocycles. The fourth-order valence-electron chi connectivity index (χ4n) is 2.52. The molecule has 0 aliphatic heterocycles. The number of nitrogens with zero attached hydrogens (tertiary/aromatic N) is 1. The number of rotatable bonds is 3. The van der Waals surface area contributed by atoms with Gasteiger partial charge in [-0.3, -0.25) is 4.98 Å². The van der Waals surface area contributed by atoms with Crippen molar-refractivity contribution in [3.8, 4) is 0 Å². The number of hydrogen-bond acceptors (Lipinski definition) is 2. The van der Waals surface area contributed by atoms with E-state index in [1.807, 2.05) is 0 Å². The van der Waals surface area contributed by atoms with Gasteiger partial charge in [0.25, 0.3) is 0 Å². The van der Waals surface area contributed by atoms with Crippen molar-refractivity contribution in [2.24, 2.45) is 0 Å². The molecule has 1 N–H and O–H groups in total. The predicted molar refractivity (Wildman–Crippen MR) is 97.8 cm³/mol. The van der Waals surface area contributed by atoms with Crippen molar-refractivity contribution in [1.29, 1.82) is 0 Å². The molecule has 0 atom stereocenters. The molecule has 0 unspecified atom stereocenters. The van der Waals surface area contributed by atoms with E-state index in [4.69, 9.17) is 5.11 Å². The topological polar surface area (TPSA) is 50.2 Å². The van der Waals surface area contributed by atoms with Crippen LogP contribution in [0, 0.1) is 0 Å². The smallest absolute Gasteiger partial charge is 0.337 e. The highest BCUT2D eigenvalue weighted by Crippen LogP contribution is 2.30. The van der Waals surface area contributed by atoms with Crippen LogP contribution in [0.2, 0.25) is 0 Å². The van der Waals surface area contributed by atoms with Gasteiger partial charge in [-0.1, -0.05) is 59.7 Å². The van der Waals surface area contributed by atoms with E-state index in [-0.39, 0.29) is 16.4 Å². The minimum atomic E-state index is -0.946. The second-order valence-corrected chi connectivity index (χ2v) is 8.44. The molecule has 0 spiro atoms. The molecule has 3 heteroatoms. The standard InChI is InChI=1S/C21H27NO2/c1-20(2,3)16-9-14(10-17(12-16)21(4,5)6)11-18-8-7-15(13-22-18)19(23)24/h7-10,12-13H,11H2,1-6H3,(H,23,24). The molecule has 0 saturated heterocycles. The van der Waals surface area contributed by atoms with Crippen LogP contribution in [-0.2, 0) is 17.3 Å². The second kappa shape index (κ2) is 6.39. The van der Waals surface area contributed by atoms with Crippen molar-refractivity contribution in [3.63, 3.8) is 0 Å². The Labute approximate surface area is 144 Å². The molecular formula is C21H27NO2. The van der Waals surface area contributed by atoms with E-state index < -0.39 is 5.97 Å². The molecule has 0 aliphatic carbocycles. The summed E-state index contributed by atoms with van der Waals surface area (Å²) in [6.07, 6.45) is 2.13. The van der Waals surface area contributed by atoms with Crippen LogP contribution < -0.4 is 0 Å². The number of carboxylic acids is 1. The zero-order valence-corrected chi connectivity index (χ0v) is 15.5.